The van der Waals surface area contributed by atoms with Crippen molar-refractivity contribution in [2.24, 2.45) is 25.6 Å². The van der Waals surface area contributed by atoms with Gasteiger partial charge >= 0.3 is 0 Å². The summed E-state index contributed by atoms with van der Waals surface area (Å²) in [6.07, 6.45) is -16.6. The maximum atomic E-state index is 11.1. The van der Waals surface area contributed by atoms with E-state index in [4.69, 9.17) is 43.4 Å². The Labute approximate surface area is 329 Å². The Balaban J connectivity index is 1.57. The fraction of sp³-hybridized carbons (Fsp3) is 0.636. The van der Waals surface area contributed by atoms with Crippen LogP contribution in [0.25, 0.3) is 52.2 Å². The lowest BCUT2D eigenvalue weighted by Crippen LogP contribution is -2.66. The van der Waals surface area contributed by atoms with Crippen LogP contribution in [0.2, 0.25) is 0 Å². The Morgan fingerprint density at radius 3 is 1.59 bits per heavy atom. The lowest BCUT2D eigenvalue weighted by molar-refractivity contribution is -0.354. The fourth-order valence-electron chi connectivity index (χ4n) is 6.89. The monoisotopic (exact) mass is 807 g/mol. The highest BCUT2D eigenvalue weighted by atomic mass is 16.8. The number of rotatable bonds is 18. The van der Waals surface area contributed by atoms with Crippen LogP contribution in [0.15, 0.2) is 86.2 Å². The van der Waals surface area contributed by atoms with Gasteiger partial charge in [-0.15, -0.1) is 0 Å². The molecule has 0 radical (unpaired) electrons. The van der Waals surface area contributed by atoms with Crippen molar-refractivity contribution in [3.63, 3.8) is 0 Å². The minimum atomic E-state index is -1.81. The summed E-state index contributed by atoms with van der Waals surface area (Å²) in [5.41, 5.74) is 48.8. The van der Waals surface area contributed by atoms with E-state index in [1.165, 1.54) is 14.0 Å². The average molecular weight is 808 g/mol. The summed E-state index contributed by atoms with van der Waals surface area (Å²) in [6.45, 7) is 0.822. The second kappa shape index (κ2) is 21.9. The molecular weight excluding hydrogens is 766 g/mol. The van der Waals surface area contributed by atoms with Gasteiger partial charge in [-0.2, -0.15) is 0 Å². The van der Waals surface area contributed by atoms with Gasteiger partial charge in [-0.25, -0.2) is 0 Å². The van der Waals surface area contributed by atoms with Gasteiger partial charge in [0.05, 0.1) is 56.8 Å². The van der Waals surface area contributed by atoms with E-state index < -0.39 is 98.5 Å². The lowest BCUT2D eigenvalue weighted by Gasteiger charge is -2.50. The van der Waals surface area contributed by atoms with Crippen LogP contribution in [-0.4, -0.2) is 122 Å². The summed E-state index contributed by atoms with van der Waals surface area (Å²) in [6, 6.07) is 14.3. The third kappa shape index (κ3) is 10.7. The van der Waals surface area contributed by atoms with E-state index in [9.17, 15) is 32.3 Å². The van der Waals surface area contributed by atoms with Gasteiger partial charge < -0.3 is 48.1 Å². The van der Waals surface area contributed by atoms with E-state index >= 15 is 0 Å². The topological polar surface area (TPSA) is 358 Å². The molecule has 3 aliphatic rings. The number of aliphatic hydroxyl groups excluding tert-OH is 2. The maximum Gasteiger partial charge on any atom is 0.186 e. The molecule has 25 heteroatoms. The molecule has 58 heavy (non-hydrogen) atoms. The number of ether oxygens (including phenoxy) is 8. The van der Waals surface area contributed by atoms with Gasteiger partial charge in [-0.05, 0) is 45.7 Å². The molecule has 0 amide bonds. The van der Waals surface area contributed by atoms with E-state index in [-0.39, 0.29) is 19.8 Å². The second-order valence-corrected chi connectivity index (χ2v) is 13.1. The summed E-state index contributed by atoms with van der Waals surface area (Å²) in [4.78, 5) is 14.4. The SMILES string of the molecule is CO[C@@H]1O[C@H](CN=[N+]=[N-])[C@@H](O[C@H]2O[C@H](CN=[N+]=[N-])[C@@H](OCc3ccccc3)[C@H](OCc3ccccc3)[C@H]2N=[N+]=[N-])[C@H](O[C@@H]2O[C@H](C)[C@@H](N=[N+]=[N-])[C@H](O)[C@H]2O)[C@H]1N=[N+]=[N-]. The number of aliphatic hydroxyl groups is 2. The van der Waals surface area contributed by atoms with Gasteiger partial charge in [0.15, 0.2) is 18.9 Å². The molecular formula is C33H41N15O10. The number of azide groups is 5. The summed E-state index contributed by atoms with van der Waals surface area (Å²) >= 11 is 0. The summed E-state index contributed by atoms with van der Waals surface area (Å²) in [7, 11) is 1.25. The third-order valence-corrected chi connectivity index (χ3v) is 9.63. The first-order chi connectivity index (χ1) is 28.3. The van der Waals surface area contributed by atoms with Crippen LogP contribution in [0, 0.1) is 0 Å². The average Bonchev–Trinajstić information content (AvgIpc) is 3.24. The highest BCUT2D eigenvalue weighted by Gasteiger charge is 2.55. The van der Waals surface area contributed by atoms with E-state index in [1.54, 1.807) is 0 Å². The molecule has 0 saturated carbocycles. The molecule has 3 saturated heterocycles. The number of methoxy groups -OCH3 is 1. The fourth-order valence-corrected chi connectivity index (χ4v) is 6.89. The standard InChI is InChI=1S/C33H41N15O10/c1-17-22(41-46-36)25(49)26(50)33(54-17)58-30-24(43-48-38)31(51-2)55-21(14-40-45-35)28(30)57-32-23(42-47-37)29(53-16-19-11-7-4-8-12-19)27(20(56-32)13-39-44-34)52-15-18-9-5-3-6-10-18/h3-12,17,20-33,49-50H,13-16H2,1-2H3/t17-,20-,21-,22-,23-,24-,25+,26-,27-,28-,29-,30-,31-,32-,33+/m1/s1. The largest absolute Gasteiger partial charge is 0.390 e. The highest BCUT2D eigenvalue weighted by molar-refractivity contribution is 5.15. The first-order valence-electron chi connectivity index (χ1n) is 17.9. The van der Waals surface area contributed by atoms with Crippen molar-refractivity contribution in [3.05, 3.63) is 124 Å². The molecule has 3 aliphatic heterocycles. The molecule has 3 fully saturated rings. The van der Waals surface area contributed by atoms with Crippen molar-refractivity contribution in [2.45, 2.75) is 112 Å². The Bertz CT molecular complexity index is 1880. The van der Waals surface area contributed by atoms with Gasteiger partial charge in [0.2, 0.25) is 0 Å². The highest BCUT2D eigenvalue weighted by Crippen LogP contribution is 2.37. The minimum Gasteiger partial charge on any atom is -0.390 e. The molecule has 0 aromatic heterocycles. The van der Waals surface area contributed by atoms with Crippen LogP contribution < -0.4 is 0 Å². The quantitative estimate of drug-likeness (QED) is 0.113. The van der Waals surface area contributed by atoms with Crippen LogP contribution in [0.4, 0.5) is 0 Å². The first-order valence-corrected chi connectivity index (χ1v) is 17.9. The molecule has 2 aromatic rings. The Morgan fingerprint density at radius 1 is 0.569 bits per heavy atom. The number of hydrogen-bond donors (Lipinski definition) is 2. The zero-order chi connectivity index (χ0) is 41.4. The molecule has 3 heterocycles. The predicted octanol–water partition coefficient (Wildman–Crippen LogP) is 5.15. The molecule has 0 unspecified atom stereocenters. The molecule has 25 nitrogen and oxygen atoms in total. The summed E-state index contributed by atoms with van der Waals surface area (Å²) < 4.78 is 49.5. The smallest absolute Gasteiger partial charge is 0.186 e. The molecule has 15 atom stereocenters. The van der Waals surface area contributed by atoms with Gasteiger partial charge in [0, 0.05) is 31.7 Å². The van der Waals surface area contributed by atoms with Crippen molar-refractivity contribution in [1.29, 1.82) is 0 Å². The Hall–Kier alpha value is -5.41. The van der Waals surface area contributed by atoms with Crippen LogP contribution in [0.3, 0.4) is 0 Å². The molecule has 0 bridgehead atoms. The van der Waals surface area contributed by atoms with Crippen molar-refractivity contribution in [2.75, 3.05) is 20.2 Å². The normalized spacial score (nSPS) is 34.4. The van der Waals surface area contributed by atoms with Crippen molar-refractivity contribution in [3.8, 4) is 0 Å². The molecule has 308 valence electrons. The number of hydrogen-bond acceptors (Lipinski definition) is 15. The second-order valence-electron chi connectivity index (χ2n) is 13.1. The van der Waals surface area contributed by atoms with Crippen LogP contribution >= 0.6 is 0 Å². The minimum absolute atomic E-state index is 0.00955. The molecule has 0 aliphatic carbocycles. The van der Waals surface area contributed by atoms with Crippen molar-refractivity contribution in [1.82, 2.24) is 0 Å². The molecule has 0 spiro atoms. The van der Waals surface area contributed by atoms with Crippen LogP contribution in [-0.2, 0) is 51.1 Å². The van der Waals surface area contributed by atoms with Crippen molar-refractivity contribution >= 4 is 0 Å². The molecule has 2 N–H and O–H groups in total. The van der Waals surface area contributed by atoms with Gasteiger partial charge in [0.1, 0.15) is 42.6 Å². The number of benzene rings is 2. The first kappa shape index (κ1) is 43.7. The lowest BCUT2D eigenvalue weighted by atomic mass is 9.93. The van der Waals surface area contributed by atoms with E-state index in [2.05, 4.69) is 50.1 Å². The van der Waals surface area contributed by atoms with Gasteiger partial charge in [0.25, 0.3) is 0 Å². The van der Waals surface area contributed by atoms with Crippen LogP contribution in [0.5, 0.6) is 0 Å². The van der Waals surface area contributed by atoms with E-state index in [0.717, 1.165) is 11.1 Å². The predicted molar refractivity (Wildman–Crippen MR) is 197 cm³/mol. The summed E-state index contributed by atoms with van der Waals surface area (Å²) in [5, 5.41) is 40.8. The zero-order valence-corrected chi connectivity index (χ0v) is 31.1. The number of nitrogens with zero attached hydrogens (tertiary/aromatic N) is 15. The van der Waals surface area contributed by atoms with Crippen molar-refractivity contribution < 1.29 is 48.1 Å². The summed E-state index contributed by atoms with van der Waals surface area (Å²) in [5.74, 6) is 0. The van der Waals surface area contributed by atoms with Crippen LogP contribution in [0.1, 0.15) is 18.1 Å². The molecule has 2 aromatic carbocycles. The van der Waals surface area contributed by atoms with E-state index in [0.29, 0.717) is 0 Å². The van der Waals surface area contributed by atoms with Gasteiger partial charge in [-0.3, -0.25) is 0 Å². The Morgan fingerprint density at radius 2 is 1.05 bits per heavy atom. The molecule has 5 rings (SSSR count). The maximum absolute atomic E-state index is 11.1. The van der Waals surface area contributed by atoms with E-state index in [1.807, 2.05) is 60.7 Å². The Kier molecular flexibility index (Phi) is 16.5. The zero-order valence-electron chi connectivity index (χ0n) is 31.1. The van der Waals surface area contributed by atoms with Gasteiger partial charge in [-0.1, -0.05) is 86.2 Å². The third-order valence-electron chi connectivity index (χ3n) is 9.63.